The van der Waals surface area contributed by atoms with Gasteiger partial charge in [-0.05, 0) is 54.4 Å². The second kappa shape index (κ2) is 9.00. The molecule has 0 radical (unpaired) electrons. The van der Waals surface area contributed by atoms with E-state index in [1.807, 2.05) is 79.5 Å². The lowest BCUT2D eigenvalue weighted by molar-refractivity contribution is -0.118. The molecule has 0 aliphatic carbocycles. The van der Waals surface area contributed by atoms with Crippen LogP contribution in [0.3, 0.4) is 0 Å². The van der Waals surface area contributed by atoms with Crippen LogP contribution in [0.2, 0.25) is 5.02 Å². The van der Waals surface area contributed by atoms with Crippen LogP contribution in [-0.2, 0) is 11.2 Å². The molecule has 2 heterocycles. The van der Waals surface area contributed by atoms with E-state index in [-0.39, 0.29) is 18.4 Å². The van der Waals surface area contributed by atoms with Crippen LogP contribution in [0.25, 0.3) is 0 Å². The number of fused-ring (bicyclic) bond motifs is 2. The van der Waals surface area contributed by atoms with Gasteiger partial charge in [0.05, 0.1) is 31.9 Å². The van der Waals surface area contributed by atoms with Crippen molar-refractivity contribution in [3.8, 4) is 11.5 Å². The van der Waals surface area contributed by atoms with Crippen molar-refractivity contribution in [2.24, 2.45) is 0 Å². The van der Waals surface area contributed by atoms with Gasteiger partial charge in [-0.2, -0.15) is 0 Å². The molecule has 182 valence electrons. The number of anilines is 4. The number of halogens is 1. The van der Waals surface area contributed by atoms with Crippen molar-refractivity contribution >= 4 is 40.3 Å². The number of nitrogens with zero attached hydrogens (tertiary/aromatic N) is 3. The Kier molecular flexibility index (Phi) is 6.01. The molecular weight excluding hydrogens is 462 g/mol. The average molecular weight is 492 g/mol. The summed E-state index contributed by atoms with van der Waals surface area (Å²) >= 11 is 6.45. The normalized spacial score (nSPS) is 16.1. The lowest BCUT2D eigenvalue weighted by Gasteiger charge is -2.45. The Morgan fingerprint density at radius 1 is 1.11 bits per heavy atom. The van der Waals surface area contributed by atoms with Crippen molar-refractivity contribution in [3.05, 3.63) is 70.2 Å². The minimum atomic E-state index is -0.301. The highest BCUT2D eigenvalue weighted by molar-refractivity contribution is 6.31. The Hall–Kier alpha value is -3.38. The molecule has 2 aliphatic heterocycles. The van der Waals surface area contributed by atoms with Gasteiger partial charge < -0.3 is 24.2 Å². The fourth-order valence-corrected chi connectivity index (χ4v) is 5.32. The number of amides is 1. The smallest absolute Gasteiger partial charge is 0.232 e. The van der Waals surface area contributed by atoms with Gasteiger partial charge in [0.25, 0.3) is 0 Å². The number of methoxy groups -OCH3 is 1. The molecule has 3 aromatic rings. The van der Waals surface area contributed by atoms with E-state index in [0.29, 0.717) is 23.1 Å². The zero-order valence-electron chi connectivity index (χ0n) is 20.8. The number of carbonyl (C=O) groups is 1. The summed E-state index contributed by atoms with van der Waals surface area (Å²) in [6, 6.07) is 15.7. The summed E-state index contributed by atoms with van der Waals surface area (Å²) in [4.78, 5) is 19.8. The SMILES string of the molecule is CCCOc1c(OC)cc2c3c1N(C)c1cc(Cl)ccc1C3N(c1ccc(N(C)C)cc1)C(=O)C2. The molecule has 1 unspecified atom stereocenters. The minimum Gasteiger partial charge on any atom is -0.493 e. The third-order valence-corrected chi connectivity index (χ3v) is 7.02. The van der Waals surface area contributed by atoms with Crippen molar-refractivity contribution in [2.45, 2.75) is 25.8 Å². The maximum Gasteiger partial charge on any atom is 0.232 e. The molecular formula is C28H30ClN3O3. The predicted octanol–water partition coefficient (Wildman–Crippen LogP) is 5.96. The van der Waals surface area contributed by atoms with E-state index in [1.54, 1.807) is 7.11 Å². The molecule has 7 heteroatoms. The summed E-state index contributed by atoms with van der Waals surface area (Å²) in [5.74, 6) is 1.38. The van der Waals surface area contributed by atoms with Crippen LogP contribution in [0.1, 0.15) is 36.1 Å². The highest BCUT2D eigenvalue weighted by Gasteiger charge is 2.43. The first kappa shape index (κ1) is 23.4. The van der Waals surface area contributed by atoms with Gasteiger partial charge in [-0.1, -0.05) is 24.6 Å². The molecule has 1 amide bonds. The second-order valence-corrected chi connectivity index (χ2v) is 9.63. The van der Waals surface area contributed by atoms with E-state index in [2.05, 4.69) is 11.8 Å². The summed E-state index contributed by atoms with van der Waals surface area (Å²) in [7, 11) is 7.67. The van der Waals surface area contributed by atoms with E-state index in [9.17, 15) is 4.79 Å². The Labute approximate surface area is 211 Å². The van der Waals surface area contributed by atoms with Gasteiger partial charge in [0, 0.05) is 54.4 Å². The van der Waals surface area contributed by atoms with E-state index in [1.165, 1.54) is 0 Å². The van der Waals surface area contributed by atoms with Crippen LogP contribution >= 0.6 is 11.6 Å². The van der Waals surface area contributed by atoms with Gasteiger partial charge in [0.2, 0.25) is 5.91 Å². The number of carbonyl (C=O) groups excluding carboxylic acids is 1. The molecule has 0 saturated heterocycles. The van der Waals surface area contributed by atoms with E-state index < -0.39 is 0 Å². The highest BCUT2D eigenvalue weighted by Crippen LogP contribution is 2.56. The van der Waals surface area contributed by atoms with Gasteiger partial charge in [0.15, 0.2) is 11.5 Å². The van der Waals surface area contributed by atoms with Gasteiger partial charge in [-0.25, -0.2) is 0 Å². The molecule has 5 rings (SSSR count). The van der Waals surface area contributed by atoms with Crippen molar-refractivity contribution < 1.29 is 14.3 Å². The number of rotatable bonds is 6. The van der Waals surface area contributed by atoms with Crippen LogP contribution < -0.4 is 24.2 Å². The topological polar surface area (TPSA) is 45.3 Å². The monoisotopic (exact) mass is 491 g/mol. The Morgan fingerprint density at radius 3 is 2.51 bits per heavy atom. The van der Waals surface area contributed by atoms with Crippen molar-refractivity contribution in [3.63, 3.8) is 0 Å². The number of hydrogen-bond acceptors (Lipinski definition) is 5. The molecule has 35 heavy (non-hydrogen) atoms. The Balaban J connectivity index is 1.78. The minimum absolute atomic E-state index is 0.0424. The lowest BCUT2D eigenvalue weighted by atomic mass is 9.81. The van der Waals surface area contributed by atoms with Crippen LogP contribution in [-0.4, -0.2) is 40.8 Å². The van der Waals surface area contributed by atoms with Crippen molar-refractivity contribution in [1.29, 1.82) is 0 Å². The molecule has 1 atom stereocenters. The molecule has 6 nitrogen and oxygen atoms in total. The van der Waals surface area contributed by atoms with Crippen LogP contribution in [0.5, 0.6) is 11.5 Å². The first-order chi connectivity index (χ1) is 16.8. The molecule has 0 fully saturated rings. The maximum absolute atomic E-state index is 13.7. The van der Waals surface area contributed by atoms with Crippen LogP contribution in [0.15, 0.2) is 48.5 Å². The summed E-state index contributed by atoms with van der Waals surface area (Å²) in [5.41, 5.74) is 6.88. The lowest BCUT2D eigenvalue weighted by Crippen LogP contribution is -2.44. The first-order valence-corrected chi connectivity index (χ1v) is 12.2. The number of benzene rings is 3. The zero-order valence-corrected chi connectivity index (χ0v) is 21.5. The average Bonchev–Trinajstić information content (AvgIpc) is 2.85. The fraction of sp³-hybridized carbons (Fsp3) is 0.321. The highest BCUT2D eigenvalue weighted by atomic mass is 35.5. The molecule has 0 saturated carbocycles. The molecule has 0 N–H and O–H groups in total. The summed E-state index contributed by atoms with van der Waals surface area (Å²) in [6.45, 7) is 2.65. The van der Waals surface area contributed by atoms with E-state index in [0.717, 1.165) is 45.9 Å². The van der Waals surface area contributed by atoms with Crippen molar-refractivity contribution in [1.82, 2.24) is 0 Å². The van der Waals surface area contributed by atoms with Crippen LogP contribution in [0.4, 0.5) is 22.7 Å². The Bertz CT molecular complexity index is 1290. The maximum atomic E-state index is 13.7. The number of hydrogen-bond donors (Lipinski definition) is 0. The van der Waals surface area contributed by atoms with Crippen molar-refractivity contribution in [2.75, 3.05) is 49.6 Å². The Morgan fingerprint density at radius 2 is 1.86 bits per heavy atom. The fourth-order valence-electron chi connectivity index (χ4n) is 5.15. The van der Waals surface area contributed by atoms with Gasteiger partial charge >= 0.3 is 0 Å². The predicted molar refractivity (Wildman–Crippen MR) is 142 cm³/mol. The molecule has 0 spiro atoms. The van der Waals surface area contributed by atoms with Gasteiger partial charge in [-0.3, -0.25) is 4.79 Å². The molecule has 0 bridgehead atoms. The summed E-state index contributed by atoms with van der Waals surface area (Å²) < 4.78 is 12.0. The molecule has 2 aliphatic rings. The van der Waals surface area contributed by atoms with E-state index in [4.69, 9.17) is 21.1 Å². The standard InChI is InChI=1S/C28H30ClN3O3/c1-6-13-35-28-23(34-5)14-17-15-24(33)32(20-10-8-19(9-11-20)30(2)3)26-21-12-7-18(29)16-22(21)31(4)27(28)25(17)26/h7-12,14,16,26H,6,13,15H2,1-5H3. The van der Waals surface area contributed by atoms with E-state index >= 15 is 0 Å². The van der Waals surface area contributed by atoms with Crippen LogP contribution in [0, 0.1) is 0 Å². The zero-order chi connectivity index (χ0) is 24.9. The van der Waals surface area contributed by atoms with Gasteiger partial charge in [-0.15, -0.1) is 0 Å². The summed E-state index contributed by atoms with van der Waals surface area (Å²) in [5, 5.41) is 0.641. The largest absolute Gasteiger partial charge is 0.493 e. The number of ether oxygens (including phenoxy) is 2. The quantitative estimate of drug-likeness (QED) is 0.425. The third-order valence-electron chi connectivity index (χ3n) is 6.79. The summed E-state index contributed by atoms with van der Waals surface area (Å²) in [6.07, 6.45) is 1.16. The first-order valence-electron chi connectivity index (χ1n) is 11.8. The molecule has 3 aromatic carbocycles. The second-order valence-electron chi connectivity index (χ2n) is 9.19. The molecule has 0 aromatic heterocycles. The third kappa shape index (κ3) is 3.76. The van der Waals surface area contributed by atoms with Gasteiger partial charge in [0.1, 0.15) is 0 Å².